The van der Waals surface area contributed by atoms with Gasteiger partial charge in [0.15, 0.2) is 0 Å². The van der Waals surface area contributed by atoms with Gasteiger partial charge in [0, 0.05) is 5.70 Å². The van der Waals surface area contributed by atoms with E-state index < -0.39 is 12.0 Å². The van der Waals surface area contributed by atoms with Crippen LogP contribution in [0.4, 0.5) is 5.95 Å². The molecule has 0 bridgehead atoms. The molecule has 2 aromatic carbocycles. The van der Waals surface area contributed by atoms with Crippen molar-refractivity contribution in [3.05, 3.63) is 76.5 Å². The third-order valence-corrected chi connectivity index (χ3v) is 4.84. The number of esters is 1. The summed E-state index contributed by atoms with van der Waals surface area (Å²) in [5.74, 6) is 0.779. The highest BCUT2D eigenvalue weighted by Gasteiger charge is 2.34. The minimum atomic E-state index is -0.486. The maximum Gasteiger partial charge on any atom is 0.338 e. The molecule has 8 nitrogen and oxygen atoms in total. The molecule has 0 saturated carbocycles. The molecule has 0 saturated heterocycles. The Morgan fingerprint density at radius 2 is 1.83 bits per heavy atom. The fraction of sp³-hybridized carbons (Fsp3) is 0.238. The van der Waals surface area contributed by atoms with Crippen molar-refractivity contribution < 1.29 is 14.3 Å². The van der Waals surface area contributed by atoms with Crippen molar-refractivity contribution in [1.82, 2.24) is 20.2 Å². The second-order valence-corrected chi connectivity index (χ2v) is 6.85. The maximum atomic E-state index is 12.4. The first kappa shape index (κ1) is 18.7. The topological polar surface area (TPSA) is 91.2 Å². The first-order valence-electron chi connectivity index (χ1n) is 9.19. The molecule has 0 fully saturated rings. The molecule has 1 aliphatic rings. The number of allylic oxidation sites excluding steroid dienone is 1. The summed E-state index contributed by atoms with van der Waals surface area (Å²) >= 11 is 0. The summed E-state index contributed by atoms with van der Waals surface area (Å²) < 4.78 is 12.4. The quantitative estimate of drug-likeness (QED) is 0.669. The van der Waals surface area contributed by atoms with E-state index in [1.165, 1.54) is 12.7 Å². The second kappa shape index (κ2) is 7.75. The van der Waals surface area contributed by atoms with Crippen LogP contribution in [0.1, 0.15) is 29.7 Å². The summed E-state index contributed by atoms with van der Waals surface area (Å²) in [5.41, 5.74) is 4.28. The third-order valence-electron chi connectivity index (χ3n) is 4.84. The van der Waals surface area contributed by atoms with Gasteiger partial charge >= 0.3 is 5.97 Å². The number of anilines is 1. The first-order valence-corrected chi connectivity index (χ1v) is 9.19. The third kappa shape index (κ3) is 3.69. The molecule has 1 atom stereocenters. The fourth-order valence-corrected chi connectivity index (χ4v) is 3.29. The molecule has 0 unspecified atom stereocenters. The smallest absolute Gasteiger partial charge is 0.338 e. The van der Waals surface area contributed by atoms with Gasteiger partial charge in [-0.1, -0.05) is 47.1 Å². The van der Waals surface area contributed by atoms with E-state index in [1.54, 1.807) is 11.6 Å². The molecule has 0 amide bonds. The average Bonchev–Trinajstić information content (AvgIpc) is 3.20. The Hall–Kier alpha value is -3.68. The predicted octanol–water partition coefficient (Wildman–Crippen LogP) is 3.02. The van der Waals surface area contributed by atoms with Crippen molar-refractivity contribution in [2.45, 2.75) is 26.5 Å². The van der Waals surface area contributed by atoms with Crippen molar-refractivity contribution in [3.8, 4) is 5.75 Å². The lowest BCUT2D eigenvalue weighted by molar-refractivity contribution is -0.136. The molecule has 0 radical (unpaired) electrons. The molecule has 1 aromatic heterocycles. The van der Waals surface area contributed by atoms with Gasteiger partial charge in [0.1, 0.15) is 18.4 Å². The van der Waals surface area contributed by atoms with Crippen molar-refractivity contribution in [3.63, 3.8) is 0 Å². The van der Waals surface area contributed by atoms with Crippen LogP contribution in [0, 0.1) is 6.92 Å². The van der Waals surface area contributed by atoms with Gasteiger partial charge in [0.2, 0.25) is 5.95 Å². The Balaban J connectivity index is 1.58. The Morgan fingerprint density at radius 1 is 1.10 bits per heavy atom. The minimum Gasteiger partial charge on any atom is -0.489 e. The molecule has 0 spiro atoms. The number of aromatic nitrogens is 4. The van der Waals surface area contributed by atoms with Crippen molar-refractivity contribution in [1.29, 1.82) is 0 Å². The largest absolute Gasteiger partial charge is 0.489 e. The lowest BCUT2D eigenvalue weighted by atomic mass is 9.96. The van der Waals surface area contributed by atoms with Gasteiger partial charge in [-0.15, -0.1) is 0 Å². The minimum absolute atomic E-state index is 0.430. The average molecular weight is 391 g/mol. The summed E-state index contributed by atoms with van der Waals surface area (Å²) in [6, 6.07) is 15.3. The number of benzene rings is 2. The first-order chi connectivity index (χ1) is 14.1. The number of hydrogen-bond acceptors (Lipinski definition) is 7. The van der Waals surface area contributed by atoms with Crippen molar-refractivity contribution >= 4 is 11.9 Å². The Morgan fingerprint density at radius 3 is 2.52 bits per heavy atom. The molecule has 1 N–H and O–H groups in total. The van der Waals surface area contributed by atoms with Gasteiger partial charge in [0.05, 0.1) is 12.7 Å². The summed E-state index contributed by atoms with van der Waals surface area (Å²) in [4.78, 5) is 12.4. The van der Waals surface area contributed by atoms with Crippen molar-refractivity contribution in [2.24, 2.45) is 0 Å². The van der Waals surface area contributed by atoms with Crippen LogP contribution < -0.4 is 10.1 Å². The number of fused-ring (bicyclic) bond motifs is 1. The molecular weight excluding hydrogens is 370 g/mol. The number of nitrogens with zero attached hydrogens (tertiary/aromatic N) is 4. The molecule has 1 aliphatic heterocycles. The second-order valence-electron chi connectivity index (χ2n) is 6.85. The number of carbonyl (C=O) groups excluding carboxylic acids is 1. The van der Waals surface area contributed by atoms with E-state index in [-0.39, 0.29) is 0 Å². The van der Waals surface area contributed by atoms with Gasteiger partial charge in [-0.3, -0.25) is 0 Å². The van der Waals surface area contributed by atoms with Gasteiger partial charge in [0.25, 0.3) is 0 Å². The standard InChI is InChI=1S/C21H21N5O3/c1-13-4-6-15(7-5-13)12-29-17-10-8-16(9-11-17)19-18(20(27)28-3)14(2)22-21-23-24-25-26(19)21/h4-11,19H,12H2,1-3H3,(H,22,23,25)/t19-/m1/s1. The van der Waals surface area contributed by atoms with Crippen LogP contribution in [0.5, 0.6) is 5.75 Å². The highest BCUT2D eigenvalue weighted by atomic mass is 16.5. The summed E-state index contributed by atoms with van der Waals surface area (Å²) in [6.07, 6.45) is 0. The van der Waals surface area contributed by atoms with Gasteiger partial charge in [-0.05, 0) is 47.5 Å². The van der Waals surface area contributed by atoms with E-state index >= 15 is 0 Å². The normalized spacial score (nSPS) is 15.5. The zero-order valence-corrected chi connectivity index (χ0v) is 16.4. The molecule has 4 rings (SSSR count). The monoisotopic (exact) mass is 391 g/mol. The van der Waals surface area contributed by atoms with Crippen LogP contribution in [0.2, 0.25) is 0 Å². The van der Waals surface area contributed by atoms with Crippen LogP contribution in [0.3, 0.4) is 0 Å². The number of tetrazole rings is 1. The number of ether oxygens (including phenoxy) is 2. The number of rotatable bonds is 5. The molecular formula is C21H21N5O3. The number of aryl methyl sites for hydroxylation is 1. The molecule has 8 heteroatoms. The number of methoxy groups -OCH3 is 1. The molecule has 3 aromatic rings. The Kier molecular flexibility index (Phi) is 4.99. The van der Waals surface area contributed by atoms with Crippen LogP contribution >= 0.6 is 0 Å². The SMILES string of the molecule is COC(=O)C1=C(C)Nc2nnnn2[C@@H]1c1ccc(OCc2ccc(C)cc2)cc1. The van der Waals surface area contributed by atoms with Gasteiger partial charge < -0.3 is 14.8 Å². The van der Waals surface area contributed by atoms with E-state index in [9.17, 15) is 4.79 Å². The zero-order valence-electron chi connectivity index (χ0n) is 16.4. The summed E-state index contributed by atoms with van der Waals surface area (Å²) in [7, 11) is 1.36. The number of nitrogens with one attached hydrogen (secondary N) is 1. The number of carbonyl (C=O) groups is 1. The fourth-order valence-electron chi connectivity index (χ4n) is 3.29. The summed E-state index contributed by atoms with van der Waals surface area (Å²) in [6.45, 7) is 4.34. The molecule has 148 valence electrons. The predicted molar refractivity (Wildman–Crippen MR) is 106 cm³/mol. The van der Waals surface area contributed by atoms with E-state index in [2.05, 4.69) is 39.9 Å². The van der Waals surface area contributed by atoms with E-state index in [0.29, 0.717) is 23.8 Å². The van der Waals surface area contributed by atoms with E-state index in [1.807, 2.05) is 36.4 Å². The van der Waals surface area contributed by atoms with Gasteiger partial charge in [-0.2, -0.15) is 4.68 Å². The van der Waals surface area contributed by atoms with Crippen LogP contribution in [0.15, 0.2) is 59.8 Å². The highest BCUT2D eigenvalue weighted by Crippen LogP contribution is 2.35. The Labute approximate surface area is 168 Å². The highest BCUT2D eigenvalue weighted by molar-refractivity contribution is 5.92. The van der Waals surface area contributed by atoms with Crippen LogP contribution in [0.25, 0.3) is 0 Å². The van der Waals surface area contributed by atoms with E-state index in [4.69, 9.17) is 9.47 Å². The van der Waals surface area contributed by atoms with E-state index in [0.717, 1.165) is 16.9 Å². The molecule has 0 aliphatic carbocycles. The molecule has 2 heterocycles. The Bertz CT molecular complexity index is 1050. The van der Waals surface area contributed by atoms with Crippen LogP contribution in [-0.2, 0) is 16.1 Å². The van der Waals surface area contributed by atoms with Crippen molar-refractivity contribution in [2.75, 3.05) is 12.4 Å². The zero-order chi connectivity index (χ0) is 20.4. The lowest BCUT2D eigenvalue weighted by Crippen LogP contribution is -2.29. The van der Waals surface area contributed by atoms with Gasteiger partial charge in [-0.25, -0.2) is 4.79 Å². The molecule has 29 heavy (non-hydrogen) atoms. The lowest BCUT2D eigenvalue weighted by Gasteiger charge is -2.27. The maximum absolute atomic E-state index is 12.4. The summed E-state index contributed by atoms with van der Waals surface area (Å²) in [5, 5.41) is 14.8. The van der Waals surface area contributed by atoms with Crippen LogP contribution in [-0.4, -0.2) is 33.3 Å². The number of hydrogen-bond donors (Lipinski definition) is 1.